The number of rotatable bonds is 1. The van der Waals surface area contributed by atoms with E-state index in [-0.39, 0.29) is 17.9 Å². The lowest BCUT2D eigenvalue weighted by atomic mass is 9.74. The zero-order valence-corrected chi connectivity index (χ0v) is 9.73. The standard InChI is InChI=1S/C11H19NO3/c1-6-5-15-11(3,4)12-9(6)8(7(2)13)10(12)14/h6-9,13H,5H2,1-4H3/t6-,7+,8+,9+/m0/s1. The van der Waals surface area contributed by atoms with Crippen molar-refractivity contribution in [1.82, 2.24) is 4.90 Å². The predicted octanol–water partition coefficient (Wildman–Crippen LogP) is 0.597. The minimum atomic E-state index is -0.560. The molecule has 0 aromatic heterocycles. The molecule has 2 aliphatic rings. The molecule has 86 valence electrons. The fourth-order valence-corrected chi connectivity index (χ4v) is 2.76. The van der Waals surface area contributed by atoms with Crippen LogP contribution in [-0.4, -0.2) is 40.4 Å². The van der Waals surface area contributed by atoms with Gasteiger partial charge in [0.1, 0.15) is 5.72 Å². The van der Waals surface area contributed by atoms with Gasteiger partial charge in [0.2, 0.25) is 5.91 Å². The first-order chi connectivity index (χ1) is 6.86. The molecule has 4 atom stereocenters. The molecule has 0 saturated carbocycles. The molecule has 4 nitrogen and oxygen atoms in total. The highest BCUT2D eigenvalue weighted by Crippen LogP contribution is 2.43. The summed E-state index contributed by atoms with van der Waals surface area (Å²) >= 11 is 0. The molecule has 2 saturated heterocycles. The molecule has 2 rings (SSSR count). The Balaban J connectivity index is 2.24. The summed E-state index contributed by atoms with van der Waals surface area (Å²) in [6.45, 7) is 8.22. The van der Waals surface area contributed by atoms with Gasteiger partial charge in [0.15, 0.2) is 0 Å². The Morgan fingerprint density at radius 2 is 2.20 bits per heavy atom. The number of ether oxygens (including phenoxy) is 1. The third-order valence-electron chi connectivity index (χ3n) is 3.57. The normalized spacial score (nSPS) is 40.7. The molecule has 0 unspecified atom stereocenters. The highest BCUT2D eigenvalue weighted by atomic mass is 16.5. The van der Waals surface area contributed by atoms with Crippen molar-refractivity contribution in [3.05, 3.63) is 0 Å². The molecule has 0 bridgehead atoms. The van der Waals surface area contributed by atoms with Crippen LogP contribution >= 0.6 is 0 Å². The second-order valence-electron chi connectivity index (χ2n) is 5.20. The Labute approximate surface area is 90.2 Å². The van der Waals surface area contributed by atoms with Crippen LogP contribution in [0.4, 0.5) is 0 Å². The third kappa shape index (κ3) is 1.39. The summed E-state index contributed by atoms with van der Waals surface area (Å²) in [4.78, 5) is 13.7. The Hall–Kier alpha value is -0.610. The van der Waals surface area contributed by atoms with Gasteiger partial charge in [-0.2, -0.15) is 0 Å². The lowest BCUT2D eigenvalue weighted by Crippen LogP contribution is -2.75. The van der Waals surface area contributed by atoms with Crippen LogP contribution in [-0.2, 0) is 9.53 Å². The van der Waals surface area contributed by atoms with E-state index in [4.69, 9.17) is 4.74 Å². The van der Waals surface area contributed by atoms with E-state index in [0.717, 1.165) is 0 Å². The summed E-state index contributed by atoms with van der Waals surface area (Å²) in [6, 6.07) is 0.140. The Bertz CT molecular complexity index is 288. The Kier molecular flexibility index (Phi) is 2.32. The van der Waals surface area contributed by atoms with Crippen LogP contribution in [0.1, 0.15) is 27.7 Å². The quantitative estimate of drug-likeness (QED) is 0.649. The number of fused-ring (bicyclic) bond motifs is 1. The average Bonchev–Trinajstić information content (AvgIpc) is 2.07. The Morgan fingerprint density at radius 3 is 2.73 bits per heavy atom. The molecule has 4 heteroatoms. The molecular weight excluding hydrogens is 194 g/mol. The number of aliphatic hydroxyl groups excluding tert-OH is 1. The van der Waals surface area contributed by atoms with Gasteiger partial charge in [-0.1, -0.05) is 6.92 Å². The minimum Gasteiger partial charge on any atom is -0.393 e. The molecule has 0 spiro atoms. The van der Waals surface area contributed by atoms with Crippen LogP contribution in [0.2, 0.25) is 0 Å². The summed E-state index contributed by atoms with van der Waals surface area (Å²) < 4.78 is 5.63. The van der Waals surface area contributed by atoms with E-state index < -0.39 is 11.8 Å². The lowest BCUT2D eigenvalue weighted by Gasteiger charge is -2.60. The van der Waals surface area contributed by atoms with Gasteiger partial charge in [-0.25, -0.2) is 0 Å². The van der Waals surface area contributed by atoms with Gasteiger partial charge in [-0.3, -0.25) is 4.79 Å². The van der Waals surface area contributed by atoms with Gasteiger partial charge in [-0.15, -0.1) is 0 Å². The molecule has 0 aliphatic carbocycles. The molecule has 15 heavy (non-hydrogen) atoms. The van der Waals surface area contributed by atoms with E-state index in [9.17, 15) is 9.90 Å². The zero-order chi connectivity index (χ0) is 11.4. The van der Waals surface area contributed by atoms with Crippen molar-refractivity contribution < 1.29 is 14.6 Å². The van der Waals surface area contributed by atoms with E-state index in [2.05, 4.69) is 6.92 Å². The van der Waals surface area contributed by atoms with Crippen molar-refractivity contribution in [3.63, 3.8) is 0 Å². The Morgan fingerprint density at radius 1 is 1.60 bits per heavy atom. The maximum absolute atomic E-state index is 11.9. The molecular formula is C11H19NO3. The minimum absolute atomic E-state index is 0.0200. The number of hydrogen-bond donors (Lipinski definition) is 1. The largest absolute Gasteiger partial charge is 0.393 e. The maximum Gasteiger partial charge on any atom is 0.232 e. The summed E-state index contributed by atoms with van der Waals surface area (Å²) in [6.07, 6.45) is -0.560. The van der Waals surface area contributed by atoms with E-state index in [0.29, 0.717) is 12.5 Å². The molecule has 0 radical (unpaired) electrons. The molecule has 1 amide bonds. The van der Waals surface area contributed by atoms with Crippen LogP contribution in [0.25, 0.3) is 0 Å². The predicted molar refractivity (Wildman–Crippen MR) is 55.0 cm³/mol. The van der Waals surface area contributed by atoms with Crippen LogP contribution in [0.15, 0.2) is 0 Å². The van der Waals surface area contributed by atoms with Crippen LogP contribution in [0, 0.1) is 11.8 Å². The van der Waals surface area contributed by atoms with Gasteiger partial charge in [-0.05, 0) is 20.8 Å². The van der Waals surface area contributed by atoms with Crippen LogP contribution in [0.5, 0.6) is 0 Å². The number of β-lactam (4-membered cyclic amide) rings is 1. The molecule has 2 aliphatic heterocycles. The zero-order valence-electron chi connectivity index (χ0n) is 9.73. The topological polar surface area (TPSA) is 49.8 Å². The van der Waals surface area contributed by atoms with Crippen molar-refractivity contribution in [2.75, 3.05) is 6.61 Å². The van der Waals surface area contributed by atoms with Crippen molar-refractivity contribution in [2.24, 2.45) is 11.8 Å². The third-order valence-corrected chi connectivity index (χ3v) is 3.57. The summed E-state index contributed by atoms with van der Waals surface area (Å²) in [5.41, 5.74) is -0.514. The second-order valence-corrected chi connectivity index (χ2v) is 5.20. The molecule has 1 N–H and O–H groups in total. The number of hydrogen-bond acceptors (Lipinski definition) is 3. The van der Waals surface area contributed by atoms with Gasteiger partial charge in [0.25, 0.3) is 0 Å². The van der Waals surface area contributed by atoms with Gasteiger partial charge < -0.3 is 14.7 Å². The van der Waals surface area contributed by atoms with E-state index in [1.54, 1.807) is 11.8 Å². The molecule has 2 heterocycles. The van der Waals surface area contributed by atoms with Gasteiger partial charge >= 0.3 is 0 Å². The monoisotopic (exact) mass is 213 g/mol. The summed E-state index contributed by atoms with van der Waals surface area (Å²) in [5, 5.41) is 9.58. The highest BCUT2D eigenvalue weighted by Gasteiger charge is 2.59. The first-order valence-electron chi connectivity index (χ1n) is 5.51. The van der Waals surface area contributed by atoms with E-state index in [1.165, 1.54) is 0 Å². The fourth-order valence-electron chi connectivity index (χ4n) is 2.76. The van der Waals surface area contributed by atoms with Crippen molar-refractivity contribution in [3.8, 4) is 0 Å². The first-order valence-corrected chi connectivity index (χ1v) is 5.51. The van der Waals surface area contributed by atoms with Crippen LogP contribution in [0.3, 0.4) is 0 Å². The molecule has 0 aromatic rings. The first kappa shape index (κ1) is 10.9. The van der Waals surface area contributed by atoms with E-state index >= 15 is 0 Å². The SMILES string of the molecule is C[C@@H](O)[C@H]1C(=O)N2[C@@H]1[C@@H](C)COC2(C)C. The van der Waals surface area contributed by atoms with Crippen LogP contribution < -0.4 is 0 Å². The smallest absolute Gasteiger partial charge is 0.232 e. The second kappa shape index (κ2) is 3.19. The number of carbonyl (C=O) groups excluding carboxylic acids is 1. The number of amides is 1. The number of carbonyl (C=O) groups is 1. The molecule has 2 fully saturated rings. The van der Waals surface area contributed by atoms with Crippen molar-refractivity contribution >= 4 is 5.91 Å². The summed E-state index contributed by atoms with van der Waals surface area (Å²) in [5.74, 6) is 0.0880. The van der Waals surface area contributed by atoms with Crippen molar-refractivity contribution in [1.29, 1.82) is 0 Å². The van der Waals surface area contributed by atoms with Gasteiger partial charge in [0.05, 0.1) is 24.7 Å². The lowest BCUT2D eigenvalue weighted by molar-refractivity contribution is -0.254. The maximum atomic E-state index is 11.9. The highest BCUT2D eigenvalue weighted by molar-refractivity contribution is 5.87. The van der Waals surface area contributed by atoms with Gasteiger partial charge in [0, 0.05) is 5.92 Å². The number of aliphatic hydroxyl groups is 1. The summed E-state index contributed by atoms with van der Waals surface area (Å²) in [7, 11) is 0. The fraction of sp³-hybridized carbons (Fsp3) is 0.909. The van der Waals surface area contributed by atoms with E-state index in [1.807, 2.05) is 13.8 Å². The van der Waals surface area contributed by atoms with Crippen molar-refractivity contribution in [2.45, 2.75) is 45.6 Å². The number of nitrogens with zero attached hydrogens (tertiary/aromatic N) is 1. The average molecular weight is 213 g/mol. The molecule has 0 aromatic carbocycles.